The average molecular weight is 296 g/mol. The summed E-state index contributed by atoms with van der Waals surface area (Å²) in [5.74, 6) is -1.02. The average Bonchev–Trinajstić information content (AvgIpc) is 2.84. The standard InChI is InChI=1S/C14H20N2O3S/c1-10-15-11(9-20-10)13(19)16(2)14(8-12(17)18)6-4-3-5-7-14/h9H,3-8H2,1-2H3,(H,17,18). The van der Waals surface area contributed by atoms with E-state index in [1.165, 1.54) is 11.3 Å². The van der Waals surface area contributed by atoms with E-state index in [4.69, 9.17) is 0 Å². The van der Waals surface area contributed by atoms with Crippen LogP contribution in [0.1, 0.15) is 54.0 Å². The van der Waals surface area contributed by atoms with E-state index < -0.39 is 11.5 Å². The van der Waals surface area contributed by atoms with Gasteiger partial charge in [-0.05, 0) is 19.8 Å². The van der Waals surface area contributed by atoms with E-state index in [2.05, 4.69) is 4.98 Å². The summed E-state index contributed by atoms with van der Waals surface area (Å²) in [4.78, 5) is 29.5. The van der Waals surface area contributed by atoms with Crippen LogP contribution >= 0.6 is 11.3 Å². The van der Waals surface area contributed by atoms with Crippen LogP contribution in [0.4, 0.5) is 0 Å². The highest BCUT2D eigenvalue weighted by Crippen LogP contribution is 2.36. The van der Waals surface area contributed by atoms with Crippen molar-refractivity contribution >= 4 is 23.2 Å². The molecule has 1 heterocycles. The maximum atomic E-state index is 12.5. The lowest BCUT2D eigenvalue weighted by atomic mass is 9.78. The van der Waals surface area contributed by atoms with Crippen molar-refractivity contribution in [3.63, 3.8) is 0 Å². The summed E-state index contributed by atoms with van der Waals surface area (Å²) in [7, 11) is 1.71. The quantitative estimate of drug-likeness (QED) is 0.927. The van der Waals surface area contributed by atoms with E-state index in [0.29, 0.717) is 5.69 Å². The van der Waals surface area contributed by atoms with Crippen LogP contribution in [0, 0.1) is 6.92 Å². The first-order chi connectivity index (χ1) is 9.44. The van der Waals surface area contributed by atoms with Gasteiger partial charge in [0, 0.05) is 12.4 Å². The monoisotopic (exact) mass is 296 g/mol. The number of aryl methyl sites for hydroxylation is 1. The molecule has 0 unspecified atom stereocenters. The first kappa shape index (κ1) is 15.0. The minimum Gasteiger partial charge on any atom is -0.481 e. The summed E-state index contributed by atoms with van der Waals surface area (Å²) in [6.45, 7) is 1.86. The molecule has 1 aromatic rings. The van der Waals surface area contributed by atoms with Gasteiger partial charge in [-0.1, -0.05) is 19.3 Å². The van der Waals surface area contributed by atoms with Crippen molar-refractivity contribution in [2.45, 2.75) is 51.0 Å². The molecule has 1 fully saturated rings. The van der Waals surface area contributed by atoms with E-state index >= 15 is 0 Å². The number of aromatic nitrogens is 1. The number of carboxylic acids is 1. The third-order valence-corrected chi connectivity index (χ3v) is 4.89. The topological polar surface area (TPSA) is 70.5 Å². The molecule has 1 amide bonds. The Morgan fingerprint density at radius 2 is 2.05 bits per heavy atom. The molecule has 1 aromatic heterocycles. The fraction of sp³-hybridized carbons (Fsp3) is 0.643. The Morgan fingerprint density at radius 1 is 1.40 bits per heavy atom. The van der Waals surface area contributed by atoms with Crippen molar-refractivity contribution in [1.82, 2.24) is 9.88 Å². The van der Waals surface area contributed by atoms with Gasteiger partial charge >= 0.3 is 5.97 Å². The van der Waals surface area contributed by atoms with E-state index in [-0.39, 0.29) is 12.3 Å². The lowest BCUT2D eigenvalue weighted by Gasteiger charge is -2.43. The molecule has 0 saturated heterocycles. The molecule has 0 bridgehead atoms. The molecule has 1 saturated carbocycles. The van der Waals surface area contributed by atoms with E-state index in [1.54, 1.807) is 17.3 Å². The SMILES string of the molecule is Cc1nc(C(=O)N(C)C2(CC(=O)O)CCCCC2)cs1. The highest BCUT2D eigenvalue weighted by atomic mass is 32.1. The lowest BCUT2D eigenvalue weighted by Crippen LogP contribution is -2.52. The van der Waals surface area contributed by atoms with Gasteiger partial charge in [-0.25, -0.2) is 4.98 Å². The largest absolute Gasteiger partial charge is 0.481 e. The third kappa shape index (κ3) is 3.00. The molecule has 2 rings (SSSR count). The highest BCUT2D eigenvalue weighted by molar-refractivity contribution is 7.09. The van der Waals surface area contributed by atoms with E-state index in [1.807, 2.05) is 6.92 Å². The van der Waals surface area contributed by atoms with Crippen molar-refractivity contribution in [1.29, 1.82) is 0 Å². The summed E-state index contributed by atoms with van der Waals surface area (Å²) in [6.07, 6.45) is 4.58. The summed E-state index contributed by atoms with van der Waals surface area (Å²) in [5.41, 5.74) is -0.135. The molecule has 0 radical (unpaired) electrons. The Morgan fingerprint density at radius 3 is 2.55 bits per heavy atom. The number of rotatable bonds is 4. The molecule has 1 aliphatic carbocycles. The zero-order chi connectivity index (χ0) is 14.8. The van der Waals surface area contributed by atoms with Crippen LogP contribution in [0.5, 0.6) is 0 Å². The number of carboxylic acid groups (broad SMARTS) is 1. The van der Waals surface area contributed by atoms with Gasteiger partial charge < -0.3 is 10.0 Å². The molecule has 0 spiro atoms. The van der Waals surface area contributed by atoms with Crippen LogP contribution < -0.4 is 0 Å². The Balaban J connectivity index is 2.23. The molecule has 1 aliphatic rings. The van der Waals surface area contributed by atoms with Crippen LogP contribution in [-0.4, -0.2) is 39.5 Å². The molecule has 0 aromatic carbocycles. The maximum absolute atomic E-state index is 12.5. The molecular formula is C14H20N2O3S. The van der Waals surface area contributed by atoms with Crippen molar-refractivity contribution in [3.05, 3.63) is 16.1 Å². The number of nitrogens with zero attached hydrogens (tertiary/aromatic N) is 2. The Bertz CT molecular complexity index is 506. The Hall–Kier alpha value is -1.43. The molecule has 0 atom stereocenters. The molecule has 20 heavy (non-hydrogen) atoms. The molecule has 5 nitrogen and oxygen atoms in total. The summed E-state index contributed by atoms with van der Waals surface area (Å²) < 4.78 is 0. The normalized spacial score (nSPS) is 17.7. The van der Waals surface area contributed by atoms with E-state index in [0.717, 1.165) is 37.1 Å². The van der Waals surface area contributed by atoms with Crippen molar-refractivity contribution in [3.8, 4) is 0 Å². The minimum atomic E-state index is -0.846. The van der Waals surface area contributed by atoms with Crippen LogP contribution in [0.3, 0.4) is 0 Å². The zero-order valence-corrected chi connectivity index (χ0v) is 12.7. The van der Waals surface area contributed by atoms with Gasteiger partial charge in [0.25, 0.3) is 5.91 Å². The summed E-state index contributed by atoms with van der Waals surface area (Å²) >= 11 is 1.43. The van der Waals surface area contributed by atoms with Gasteiger partial charge in [0.15, 0.2) is 0 Å². The number of carbonyl (C=O) groups is 2. The predicted octanol–water partition coefficient (Wildman–Crippen LogP) is 2.70. The first-order valence-electron chi connectivity index (χ1n) is 6.87. The molecular weight excluding hydrogens is 276 g/mol. The summed E-state index contributed by atoms with van der Waals surface area (Å²) in [5, 5.41) is 11.8. The van der Waals surface area contributed by atoms with Gasteiger partial charge in [-0.3, -0.25) is 9.59 Å². The van der Waals surface area contributed by atoms with Gasteiger partial charge in [0.05, 0.1) is 17.0 Å². The molecule has 6 heteroatoms. The van der Waals surface area contributed by atoms with Gasteiger partial charge in [0.2, 0.25) is 0 Å². The number of hydrogen-bond acceptors (Lipinski definition) is 4. The summed E-state index contributed by atoms with van der Waals surface area (Å²) in [6, 6.07) is 0. The number of thiazole rings is 1. The Kier molecular flexibility index (Phi) is 4.42. The van der Waals surface area contributed by atoms with Gasteiger partial charge in [-0.2, -0.15) is 0 Å². The molecule has 1 N–H and O–H groups in total. The third-order valence-electron chi connectivity index (χ3n) is 4.12. The van der Waals surface area contributed by atoms with Crippen molar-refractivity contribution in [2.75, 3.05) is 7.05 Å². The second kappa shape index (κ2) is 5.91. The van der Waals surface area contributed by atoms with Crippen LogP contribution in [0.15, 0.2) is 5.38 Å². The van der Waals surface area contributed by atoms with Crippen molar-refractivity contribution < 1.29 is 14.7 Å². The number of aliphatic carboxylic acids is 1. The van der Waals surface area contributed by atoms with Crippen LogP contribution in [0.25, 0.3) is 0 Å². The van der Waals surface area contributed by atoms with Crippen LogP contribution in [0.2, 0.25) is 0 Å². The maximum Gasteiger partial charge on any atom is 0.305 e. The second-order valence-electron chi connectivity index (χ2n) is 5.47. The molecule has 110 valence electrons. The molecule has 0 aliphatic heterocycles. The predicted molar refractivity (Wildman–Crippen MR) is 77.0 cm³/mol. The highest BCUT2D eigenvalue weighted by Gasteiger charge is 2.41. The lowest BCUT2D eigenvalue weighted by molar-refractivity contribution is -0.140. The number of amides is 1. The minimum absolute atomic E-state index is 0.0123. The smallest absolute Gasteiger partial charge is 0.305 e. The number of hydrogen-bond donors (Lipinski definition) is 1. The van der Waals surface area contributed by atoms with Crippen molar-refractivity contribution in [2.24, 2.45) is 0 Å². The number of carbonyl (C=O) groups excluding carboxylic acids is 1. The van der Waals surface area contributed by atoms with Gasteiger partial charge in [0.1, 0.15) is 5.69 Å². The van der Waals surface area contributed by atoms with Crippen LogP contribution in [-0.2, 0) is 4.79 Å². The van der Waals surface area contributed by atoms with Gasteiger partial charge in [-0.15, -0.1) is 11.3 Å². The second-order valence-corrected chi connectivity index (χ2v) is 6.53. The van der Waals surface area contributed by atoms with E-state index in [9.17, 15) is 14.7 Å². The first-order valence-corrected chi connectivity index (χ1v) is 7.75. The Labute approximate surface area is 122 Å². The fourth-order valence-electron chi connectivity index (χ4n) is 2.97. The fourth-order valence-corrected chi connectivity index (χ4v) is 3.56. The zero-order valence-electron chi connectivity index (χ0n) is 11.9.